The molecule has 0 spiro atoms. The number of hydrogen-bond donors (Lipinski definition) is 1. The summed E-state index contributed by atoms with van der Waals surface area (Å²) in [6.45, 7) is 1.95. The van der Waals surface area contributed by atoms with Crippen molar-refractivity contribution < 1.29 is 4.79 Å². The first-order chi connectivity index (χ1) is 13.6. The number of halogens is 1. The van der Waals surface area contributed by atoms with Gasteiger partial charge >= 0.3 is 0 Å². The van der Waals surface area contributed by atoms with E-state index < -0.39 is 0 Å². The van der Waals surface area contributed by atoms with Gasteiger partial charge in [-0.1, -0.05) is 48.0 Å². The largest absolute Gasteiger partial charge is 0.321 e. The number of hydrogen-bond acceptors (Lipinski definition) is 2. The lowest BCUT2D eigenvalue weighted by atomic mass is 10.2. The van der Waals surface area contributed by atoms with Crippen LogP contribution in [0.5, 0.6) is 0 Å². The molecule has 5 heteroatoms. The first-order valence-corrected chi connectivity index (χ1v) is 9.28. The molecule has 1 heterocycles. The summed E-state index contributed by atoms with van der Waals surface area (Å²) in [6.07, 6.45) is 3.18. The molecule has 0 fully saturated rings. The molecule has 1 N–H and O–H groups in total. The Morgan fingerprint density at radius 1 is 1.04 bits per heavy atom. The van der Waals surface area contributed by atoms with Crippen molar-refractivity contribution in [2.45, 2.75) is 6.92 Å². The number of carbonyl (C=O) groups excluding carboxylic acids is 1. The number of carbonyl (C=O) groups is 1. The van der Waals surface area contributed by atoms with Gasteiger partial charge < -0.3 is 5.32 Å². The monoisotopic (exact) mass is 387 g/mol. The summed E-state index contributed by atoms with van der Waals surface area (Å²) in [5.41, 5.74) is 4.45. The third-order valence-corrected chi connectivity index (χ3v) is 4.68. The van der Waals surface area contributed by atoms with Crippen molar-refractivity contribution in [3.8, 4) is 5.69 Å². The maximum Gasteiger partial charge on any atom is 0.248 e. The van der Waals surface area contributed by atoms with E-state index in [-0.39, 0.29) is 5.91 Å². The zero-order chi connectivity index (χ0) is 19.5. The number of nitrogens with one attached hydrogen (secondary N) is 1. The second-order valence-electron chi connectivity index (χ2n) is 6.44. The minimum absolute atomic E-state index is 0.266. The standard InChI is InChI=1S/C23H18ClN3O/c1-16-11-12-19(18(24)15-16)26-23(28)14-13-22-25-20-9-5-6-10-21(20)27(22)17-7-3-2-4-8-17/h2-15H,1H3,(H,26,28)/b14-13-. The van der Waals surface area contributed by atoms with E-state index in [9.17, 15) is 4.79 Å². The van der Waals surface area contributed by atoms with Crippen molar-refractivity contribution in [2.75, 3.05) is 5.32 Å². The van der Waals surface area contributed by atoms with Crippen molar-refractivity contribution in [1.29, 1.82) is 0 Å². The number of para-hydroxylation sites is 3. The number of nitrogens with zero attached hydrogens (tertiary/aromatic N) is 2. The number of aromatic nitrogens is 2. The highest BCUT2D eigenvalue weighted by Crippen LogP contribution is 2.24. The van der Waals surface area contributed by atoms with Crippen LogP contribution in [-0.2, 0) is 4.79 Å². The maximum absolute atomic E-state index is 12.4. The van der Waals surface area contributed by atoms with Gasteiger partial charge in [0.15, 0.2) is 0 Å². The van der Waals surface area contributed by atoms with Crippen LogP contribution in [0, 0.1) is 6.92 Å². The van der Waals surface area contributed by atoms with Crippen LogP contribution in [0.3, 0.4) is 0 Å². The van der Waals surface area contributed by atoms with Gasteiger partial charge in [0.2, 0.25) is 5.91 Å². The lowest BCUT2D eigenvalue weighted by molar-refractivity contribution is -0.111. The number of aryl methyl sites for hydroxylation is 1. The van der Waals surface area contributed by atoms with Crippen LogP contribution < -0.4 is 5.32 Å². The highest BCUT2D eigenvalue weighted by atomic mass is 35.5. The van der Waals surface area contributed by atoms with Crippen LogP contribution in [0.2, 0.25) is 5.02 Å². The van der Waals surface area contributed by atoms with E-state index in [0.29, 0.717) is 16.5 Å². The minimum atomic E-state index is -0.266. The van der Waals surface area contributed by atoms with Crippen molar-refractivity contribution in [3.05, 3.63) is 95.3 Å². The summed E-state index contributed by atoms with van der Waals surface area (Å²) in [4.78, 5) is 17.1. The average Bonchev–Trinajstić information content (AvgIpc) is 3.07. The Labute approximate surface area is 168 Å². The molecule has 4 rings (SSSR count). The fourth-order valence-corrected chi connectivity index (χ4v) is 3.33. The molecular formula is C23H18ClN3O. The molecule has 1 amide bonds. The number of amides is 1. The molecule has 4 nitrogen and oxygen atoms in total. The average molecular weight is 388 g/mol. The molecule has 0 aliphatic rings. The molecule has 1 aromatic heterocycles. The van der Waals surface area contributed by atoms with Crippen molar-refractivity contribution in [3.63, 3.8) is 0 Å². The lowest BCUT2D eigenvalue weighted by Gasteiger charge is -2.07. The Hall–Kier alpha value is -3.37. The number of fused-ring (bicyclic) bond motifs is 1. The summed E-state index contributed by atoms with van der Waals surface area (Å²) in [6, 6.07) is 23.3. The predicted molar refractivity (Wildman–Crippen MR) is 115 cm³/mol. The highest BCUT2D eigenvalue weighted by molar-refractivity contribution is 6.33. The number of rotatable bonds is 4. The Kier molecular flexibility index (Phi) is 4.96. The highest BCUT2D eigenvalue weighted by Gasteiger charge is 2.10. The fraction of sp³-hybridized carbons (Fsp3) is 0.0435. The SMILES string of the molecule is Cc1ccc(NC(=O)/C=C\c2nc3ccccc3n2-c2ccccc2)c(Cl)c1. The molecule has 4 aromatic rings. The second-order valence-corrected chi connectivity index (χ2v) is 6.84. The van der Waals surface area contributed by atoms with Crippen molar-refractivity contribution in [2.24, 2.45) is 0 Å². The predicted octanol–water partition coefficient (Wildman–Crippen LogP) is 5.64. The molecule has 0 aliphatic carbocycles. The quantitative estimate of drug-likeness (QED) is 0.460. The Bertz CT molecular complexity index is 1180. The third-order valence-electron chi connectivity index (χ3n) is 4.37. The molecule has 0 bridgehead atoms. The van der Waals surface area contributed by atoms with E-state index in [1.54, 1.807) is 12.1 Å². The first-order valence-electron chi connectivity index (χ1n) is 8.90. The lowest BCUT2D eigenvalue weighted by Crippen LogP contribution is -2.08. The van der Waals surface area contributed by atoms with Crippen LogP contribution in [0.4, 0.5) is 5.69 Å². The Morgan fingerprint density at radius 3 is 2.57 bits per heavy atom. The molecule has 138 valence electrons. The van der Waals surface area contributed by atoms with Gasteiger partial charge in [0.1, 0.15) is 5.82 Å². The zero-order valence-electron chi connectivity index (χ0n) is 15.3. The van der Waals surface area contributed by atoms with E-state index in [0.717, 1.165) is 22.3 Å². The maximum atomic E-state index is 12.4. The van der Waals surface area contributed by atoms with Gasteiger partial charge in [0, 0.05) is 11.8 Å². The van der Waals surface area contributed by atoms with Crippen LogP contribution in [0.1, 0.15) is 11.4 Å². The van der Waals surface area contributed by atoms with Crippen molar-refractivity contribution in [1.82, 2.24) is 9.55 Å². The molecule has 0 radical (unpaired) electrons. The fourth-order valence-electron chi connectivity index (χ4n) is 3.05. The second kappa shape index (κ2) is 7.71. The Balaban J connectivity index is 1.66. The number of benzene rings is 3. The van der Waals surface area contributed by atoms with Gasteiger partial charge in [-0.3, -0.25) is 9.36 Å². The summed E-state index contributed by atoms with van der Waals surface area (Å²) < 4.78 is 2.03. The van der Waals surface area contributed by atoms with Crippen LogP contribution >= 0.6 is 11.6 Å². The smallest absolute Gasteiger partial charge is 0.248 e. The van der Waals surface area contributed by atoms with Gasteiger partial charge in [-0.2, -0.15) is 0 Å². The van der Waals surface area contributed by atoms with Crippen LogP contribution in [0.15, 0.2) is 78.9 Å². The minimum Gasteiger partial charge on any atom is -0.321 e. The number of imidazole rings is 1. The molecule has 0 atom stereocenters. The molecule has 3 aromatic carbocycles. The molecule has 0 saturated heterocycles. The topological polar surface area (TPSA) is 46.9 Å². The number of anilines is 1. The van der Waals surface area contributed by atoms with E-state index in [2.05, 4.69) is 10.3 Å². The van der Waals surface area contributed by atoms with Gasteiger partial charge in [0.25, 0.3) is 0 Å². The third kappa shape index (κ3) is 3.68. The van der Waals surface area contributed by atoms with Gasteiger partial charge in [-0.05, 0) is 55.0 Å². The van der Waals surface area contributed by atoms with Gasteiger partial charge in [-0.15, -0.1) is 0 Å². The summed E-state index contributed by atoms with van der Waals surface area (Å²) in [5, 5.41) is 3.32. The molecular weight excluding hydrogens is 370 g/mol. The van der Waals surface area contributed by atoms with E-state index >= 15 is 0 Å². The van der Waals surface area contributed by atoms with Crippen LogP contribution in [0.25, 0.3) is 22.8 Å². The molecule has 0 aliphatic heterocycles. The first kappa shape index (κ1) is 18.0. The van der Waals surface area contributed by atoms with Crippen LogP contribution in [-0.4, -0.2) is 15.5 Å². The molecule has 28 heavy (non-hydrogen) atoms. The molecule has 0 unspecified atom stereocenters. The zero-order valence-corrected chi connectivity index (χ0v) is 16.0. The van der Waals surface area contributed by atoms with Crippen molar-refractivity contribution >= 4 is 40.3 Å². The van der Waals surface area contributed by atoms with E-state index in [1.165, 1.54) is 6.08 Å². The summed E-state index contributed by atoms with van der Waals surface area (Å²) in [7, 11) is 0. The summed E-state index contributed by atoms with van der Waals surface area (Å²) >= 11 is 6.19. The van der Waals surface area contributed by atoms with Gasteiger partial charge in [0.05, 0.1) is 21.7 Å². The van der Waals surface area contributed by atoms with Gasteiger partial charge in [-0.25, -0.2) is 4.98 Å². The molecule has 0 saturated carbocycles. The normalized spacial score (nSPS) is 11.2. The summed E-state index contributed by atoms with van der Waals surface area (Å²) in [5.74, 6) is 0.412. The van der Waals surface area contributed by atoms with E-state index in [4.69, 9.17) is 11.6 Å². The Morgan fingerprint density at radius 2 is 1.79 bits per heavy atom. The van der Waals surface area contributed by atoms with E-state index in [1.807, 2.05) is 78.2 Å².